The molecule has 2 aromatic carbocycles. The highest BCUT2D eigenvalue weighted by Gasteiger charge is 2.50. The van der Waals surface area contributed by atoms with E-state index in [0.717, 1.165) is 23.2 Å². The van der Waals surface area contributed by atoms with E-state index in [-0.39, 0.29) is 12.1 Å². The fraction of sp³-hybridized carbons (Fsp3) is 0.333. The fourth-order valence-electron chi connectivity index (χ4n) is 3.93. The van der Waals surface area contributed by atoms with E-state index in [9.17, 15) is 9.59 Å². The minimum absolute atomic E-state index is 0.212. The van der Waals surface area contributed by atoms with Gasteiger partial charge in [0.15, 0.2) is 5.72 Å². The number of carbonyl (C=O) groups excluding carboxylic acids is 2. The van der Waals surface area contributed by atoms with Crippen molar-refractivity contribution in [2.75, 3.05) is 12.0 Å². The molecule has 2 aliphatic heterocycles. The molecule has 0 radical (unpaired) electrons. The van der Waals surface area contributed by atoms with Gasteiger partial charge in [-0.2, -0.15) is 0 Å². The number of anilines is 1. The summed E-state index contributed by atoms with van der Waals surface area (Å²) in [7, 11) is 1.35. The van der Waals surface area contributed by atoms with Crippen molar-refractivity contribution < 1.29 is 19.1 Å². The molecule has 4 rings (SSSR count). The standard InChI is InChI=1S/C21H22N2O4/c1-4-13-6-5-7-15(10-13)23-20(25)22-17-12-21(23,2)27-18-9-8-14(11-16(17)18)19(24)26-3/h5-11,17H,4,12H2,1-3H3,(H,22,25). The fourth-order valence-corrected chi connectivity index (χ4v) is 3.93. The zero-order valence-electron chi connectivity index (χ0n) is 15.6. The number of methoxy groups -OCH3 is 1. The first-order chi connectivity index (χ1) is 12.9. The summed E-state index contributed by atoms with van der Waals surface area (Å²) in [6.07, 6.45) is 1.47. The molecule has 27 heavy (non-hydrogen) atoms. The molecule has 1 N–H and O–H groups in total. The van der Waals surface area contributed by atoms with Crippen molar-refractivity contribution in [1.29, 1.82) is 0 Å². The van der Waals surface area contributed by atoms with Crippen LogP contribution in [0, 0.1) is 0 Å². The smallest absolute Gasteiger partial charge is 0.337 e. The molecule has 0 spiro atoms. The summed E-state index contributed by atoms with van der Waals surface area (Å²) in [5, 5.41) is 3.05. The van der Waals surface area contributed by atoms with Gasteiger partial charge in [-0.25, -0.2) is 9.59 Å². The normalized spacial score (nSPS) is 23.1. The number of hydrogen-bond acceptors (Lipinski definition) is 4. The maximum absolute atomic E-state index is 12.9. The average molecular weight is 366 g/mol. The predicted molar refractivity (Wildman–Crippen MR) is 101 cm³/mol. The summed E-state index contributed by atoms with van der Waals surface area (Å²) < 4.78 is 11.1. The Labute approximate surface area is 158 Å². The number of benzene rings is 2. The number of carbonyl (C=O) groups is 2. The van der Waals surface area contributed by atoms with Crippen molar-refractivity contribution in [2.24, 2.45) is 0 Å². The molecule has 2 heterocycles. The van der Waals surface area contributed by atoms with E-state index in [2.05, 4.69) is 12.2 Å². The summed E-state index contributed by atoms with van der Waals surface area (Å²) in [6.45, 7) is 4.01. The Morgan fingerprint density at radius 2 is 2.15 bits per heavy atom. The number of amides is 2. The Morgan fingerprint density at radius 1 is 1.33 bits per heavy atom. The Hall–Kier alpha value is -3.02. The van der Waals surface area contributed by atoms with Gasteiger partial charge >= 0.3 is 12.0 Å². The third-order valence-corrected chi connectivity index (χ3v) is 5.27. The molecule has 6 nitrogen and oxygen atoms in total. The van der Waals surface area contributed by atoms with Crippen molar-refractivity contribution in [2.45, 2.75) is 38.5 Å². The lowest BCUT2D eigenvalue weighted by Gasteiger charge is -2.50. The molecule has 2 bridgehead atoms. The van der Waals surface area contributed by atoms with Crippen LogP contribution in [-0.2, 0) is 11.2 Å². The number of nitrogens with zero attached hydrogens (tertiary/aromatic N) is 1. The molecule has 2 aliphatic rings. The zero-order chi connectivity index (χ0) is 19.2. The highest BCUT2D eigenvalue weighted by Crippen LogP contribution is 2.45. The van der Waals surface area contributed by atoms with Gasteiger partial charge in [0, 0.05) is 17.7 Å². The first kappa shape index (κ1) is 17.4. The minimum atomic E-state index is -0.806. The monoisotopic (exact) mass is 366 g/mol. The van der Waals surface area contributed by atoms with Crippen LogP contribution in [0.2, 0.25) is 0 Å². The summed E-state index contributed by atoms with van der Waals surface area (Å²) in [6, 6.07) is 12.7. The van der Waals surface area contributed by atoms with Crippen LogP contribution in [0.4, 0.5) is 10.5 Å². The molecule has 2 aromatic rings. The van der Waals surface area contributed by atoms with Gasteiger partial charge in [0.2, 0.25) is 0 Å². The molecule has 2 amide bonds. The van der Waals surface area contributed by atoms with Gasteiger partial charge in [-0.3, -0.25) is 4.90 Å². The highest BCUT2D eigenvalue weighted by atomic mass is 16.5. The second kappa shape index (κ2) is 6.30. The van der Waals surface area contributed by atoms with Gasteiger partial charge in [-0.1, -0.05) is 19.1 Å². The number of ether oxygens (including phenoxy) is 2. The van der Waals surface area contributed by atoms with Crippen LogP contribution < -0.4 is 15.0 Å². The lowest BCUT2D eigenvalue weighted by Crippen LogP contribution is -2.65. The highest BCUT2D eigenvalue weighted by molar-refractivity contribution is 5.95. The average Bonchev–Trinajstić information content (AvgIpc) is 2.66. The Bertz CT molecular complexity index is 926. The molecular formula is C21H22N2O4. The van der Waals surface area contributed by atoms with Gasteiger partial charge in [0.25, 0.3) is 0 Å². The third kappa shape index (κ3) is 2.81. The molecule has 0 saturated carbocycles. The van der Waals surface area contributed by atoms with Crippen LogP contribution in [0.3, 0.4) is 0 Å². The van der Waals surface area contributed by atoms with Gasteiger partial charge in [0.05, 0.1) is 18.7 Å². The van der Waals surface area contributed by atoms with Crippen molar-refractivity contribution in [3.63, 3.8) is 0 Å². The van der Waals surface area contributed by atoms with Crippen molar-refractivity contribution in [3.8, 4) is 5.75 Å². The first-order valence-electron chi connectivity index (χ1n) is 9.06. The van der Waals surface area contributed by atoms with Gasteiger partial charge < -0.3 is 14.8 Å². The number of esters is 1. The second-order valence-corrected chi connectivity index (χ2v) is 7.09. The summed E-state index contributed by atoms with van der Waals surface area (Å²) in [5.41, 5.74) is 2.40. The van der Waals surface area contributed by atoms with E-state index in [1.165, 1.54) is 7.11 Å². The number of urea groups is 1. The molecule has 1 saturated heterocycles. The van der Waals surface area contributed by atoms with Crippen molar-refractivity contribution >= 4 is 17.7 Å². The van der Waals surface area contributed by atoms with E-state index in [4.69, 9.17) is 9.47 Å². The lowest BCUT2D eigenvalue weighted by atomic mass is 9.89. The topological polar surface area (TPSA) is 67.9 Å². The minimum Gasteiger partial charge on any atom is -0.467 e. The van der Waals surface area contributed by atoms with Gasteiger partial charge in [-0.15, -0.1) is 0 Å². The van der Waals surface area contributed by atoms with Crippen LogP contribution >= 0.6 is 0 Å². The first-order valence-corrected chi connectivity index (χ1v) is 9.06. The van der Waals surface area contributed by atoms with Gasteiger partial charge in [-0.05, 0) is 49.2 Å². The Balaban J connectivity index is 1.75. The number of fused-ring (bicyclic) bond motifs is 4. The van der Waals surface area contributed by atoms with E-state index < -0.39 is 11.7 Å². The lowest BCUT2D eigenvalue weighted by molar-refractivity contribution is 0.0377. The summed E-state index contributed by atoms with van der Waals surface area (Å²) in [5.74, 6) is 0.254. The number of aryl methyl sites for hydroxylation is 1. The molecule has 6 heteroatoms. The molecular weight excluding hydrogens is 344 g/mol. The van der Waals surface area contributed by atoms with Crippen LogP contribution in [0.15, 0.2) is 42.5 Å². The third-order valence-electron chi connectivity index (χ3n) is 5.27. The Morgan fingerprint density at radius 3 is 2.89 bits per heavy atom. The SMILES string of the molecule is CCc1cccc(N2C(=O)NC3CC2(C)Oc2ccc(C(=O)OC)cc23)c1. The zero-order valence-corrected chi connectivity index (χ0v) is 15.6. The van der Waals surface area contributed by atoms with E-state index >= 15 is 0 Å². The summed E-state index contributed by atoms with van der Waals surface area (Å²) >= 11 is 0. The summed E-state index contributed by atoms with van der Waals surface area (Å²) in [4.78, 5) is 26.5. The van der Waals surface area contributed by atoms with E-state index in [1.807, 2.05) is 31.2 Å². The molecule has 2 unspecified atom stereocenters. The van der Waals surface area contributed by atoms with Crippen molar-refractivity contribution in [1.82, 2.24) is 5.32 Å². The predicted octanol–water partition coefficient (Wildman–Crippen LogP) is 3.81. The van der Waals surface area contributed by atoms with Gasteiger partial charge in [0.1, 0.15) is 5.75 Å². The maximum atomic E-state index is 12.9. The molecule has 0 aliphatic carbocycles. The largest absolute Gasteiger partial charge is 0.467 e. The number of rotatable bonds is 3. The second-order valence-electron chi connectivity index (χ2n) is 7.09. The number of nitrogens with one attached hydrogen (secondary N) is 1. The van der Waals surface area contributed by atoms with Crippen LogP contribution in [0.1, 0.15) is 47.8 Å². The maximum Gasteiger partial charge on any atom is 0.337 e. The van der Waals surface area contributed by atoms with E-state index in [0.29, 0.717) is 17.7 Å². The van der Waals surface area contributed by atoms with Crippen LogP contribution in [-0.4, -0.2) is 24.8 Å². The molecule has 0 aromatic heterocycles. The van der Waals surface area contributed by atoms with E-state index in [1.54, 1.807) is 23.1 Å². The van der Waals surface area contributed by atoms with Crippen molar-refractivity contribution in [3.05, 3.63) is 59.2 Å². The molecule has 2 atom stereocenters. The van der Waals surface area contributed by atoms with Crippen LogP contribution in [0.25, 0.3) is 0 Å². The quantitative estimate of drug-likeness (QED) is 0.839. The Kier molecular flexibility index (Phi) is 4.06. The molecule has 1 fully saturated rings. The van der Waals surface area contributed by atoms with Crippen LogP contribution in [0.5, 0.6) is 5.75 Å². The number of hydrogen-bond donors (Lipinski definition) is 1. The molecule has 140 valence electrons.